The third-order valence-electron chi connectivity index (χ3n) is 2.44. The maximum absolute atomic E-state index is 11.8. The van der Waals surface area contributed by atoms with Gasteiger partial charge in [-0.1, -0.05) is 30.0 Å². The first kappa shape index (κ1) is 14.9. The molecule has 0 saturated carbocycles. The second-order valence-electron chi connectivity index (χ2n) is 4.31. The average Bonchev–Trinajstić information content (AvgIpc) is 3.04. The van der Waals surface area contributed by atoms with Crippen LogP contribution in [0, 0.1) is 0 Å². The standard InChI is InChI=1S/C11H16N6OS2/c1-4-9-14-15-10(20-9)13-8(18)5-19-11-16-12-6-17(11)7(2)3/h6-7H,4-5H2,1-3H3,(H,13,15,18). The lowest BCUT2D eigenvalue weighted by Gasteiger charge is -2.08. The largest absolute Gasteiger partial charge is 0.306 e. The Hall–Kier alpha value is -1.48. The number of rotatable bonds is 6. The van der Waals surface area contributed by atoms with Gasteiger partial charge >= 0.3 is 0 Å². The van der Waals surface area contributed by atoms with Crippen molar-refractivity contribution in [2.24, 2.45) is 0 Å². The highest BCUT2D eigenvalue weighted by Gasteiger charge is 2.12. The fraction of sp³-hybridized carbons (Fsp3) is 0.545. The Kier molecular flexibility index (Phi) is 5.07. The summed E-state index contributed by atoms with van der Waals surface area (Å²) in [6.07, 6.45) is 2.49. The monoisotopic (exact) mass is 312 g/mol. The number of nitrogens with one attached hydrogen (secondary N) is 1. The molecule has 0 unspecified atom stereocenters. The molecule has 0 atom stereocenters. The van der Waals surface area contributed by atoms with Crippen molar-refractivity contribution in [1.82, 2.24) is 25.0 Å². The van der Waals surface area contributed by atoms with E-state index in [1.54, 1.807) is 6.33 Å². The molecule has 0 aliphatic carbocycles. The summed E-state index contributed by atoms with van der Waals surface area (Å²) in [5, 5.41) is 20.7. The van der Waals surface area contributed by atoms with Gasteiger partial charge in [-0.2, -0.15) is 0 Å². The van der Waals surface area contributed by atoms with E-state index in [0.717, 1.165) is 16.6 Å². The van der Waals surface area contributed by atoms with Crippen LogP contribution >= 0.6 is 23.1 Å². The zero-order valence-corrected chi connectivity index (χ0v) is 13.2. The maximum Gasteiger partial charge on any atom is 0.236 e. The Labute approximate surface area is 125 Å². The van der Waals surface area contributed by atoms with E-state index in [2.05, 4.69) is 25.7 Å². The third kappa shape index (κ3) is 3.76. The molecule has 7 nitrogen and oxygen atoms in total. The molecule has 2 heterocycles. The van der Waals surface area contributed by atoms with E-state index in [1.807, 2.05) is 25.3 Å². The normalized spacial score (nSPS) is 11.0. The molecule has 0 aliphatic rings. The number of aryl methyl sites for hydroxylation is 1. The maximum atomic E-state index is 11.8. The molecule has 2 aromatic heterocycles. The molecule has 2 aromatic rings. The number of hydrogen-bond donors (Lipinski definition) is 1. The summed E-state index contributed by atoms with van der Waals surface area (Å²) in [5.41, 5.74) is 0. The van der Waals surface area contributed by atoms with E-state index in [1.165, 1.54) is 23.1 Å². The van der Waals surface area contributed by atoms with Crippen LogP contribution in [0.1, 0.15) is 31.8 Å². The van der Waals surface area contributed by atoms with Crippen LogP contribution in [0.25, 0.3) is 0 Å². The number of thioether (sulfide) groups is 1. The lowest BCUT2D eigenvalue weighted by Crippen LogP contribution is -2.14. The number of hydrogen-bond acceptors (Lipinski definition) is 7. The molecule has 0 aromatic carbocycles. The van der Waals surface area contributed by atoms with Crippen LogP contribution in [0.2, 0.25) is 0 Å². The molecule has 1 N–H and O–H groups in total. The van der Waals surface area contributed by atoms with E-state index in [4.69, 9.17) is 0 Å². The molecule has 0 spiro atoms. The van der Waals surface area contributed by atoms with E-state index in [-0.39, 0.29) is 17.7 Å². The molecule has 0 saturated heterocycles. The highest BCUT2D eigenvalue weighted by molar-refractivity contribution is 7.99. The highest BCUT2D eigenvalue weighted by Crippen LogP contribution is 2.20. The minimum atomic E-state index is -0.118. The van der Waals surface area contributed by atoms with Gasteiger partial charge < -0.3 is 4.57 Å². The van der Waals surface area contributed by atoms with Crippen molar-refractivity contribution in [1.29, 1.82) is 0 Å². The number of carbonyl (C=O) groups excluding carboxylic acids is 1. The number of anilines is 1. The van der Waals surface area contributed by atoms with E-state index in [9.17, 15) is 4.79 Å². The van der Waals surface area contributed by atoms with Crippen LogP contribution in [0.15, 0.2) is 11.5 Å². The zero-order chi connectivity index (χ0) is 14.5. The van der Waals surface area contributed by atoms with Crippen molar-refractivity contribution >= 4 is 34.1 Å². The van der Waals surface area contributed by atoms with Crippen molar-refractivity contribution in [2.45, 2.75) is 38.4 Å². The van der Waals surface area contributed by atoms with Crippen LogP contribution in [0.4, 0.5) is 5.13 Å². The quantitative estimate of drug-likeness (QED) is 0.821. The topological polar surface area (TPSA) is 85.6 Å². The summed E-state index contributed by atoms with van der Waals surface area (Å²) in [5.74, 6) is 0.152. The molecule has 108 valence electrons. The molecule has 0 fully saturated rings. The van der Waals surface area contributed by atoms with Gasteiger partial charge in [-0.3, -0.25) is 10.1 Å². The fourth-order valence-electron chi connectivity index (χ4n) is 1.42. The summed E-state index contributed by atoms with van der Waals surface area (Å²) in [4.78, 5) is 11.8. The van der Waals surface area contributed by atoms with Crippen LogP contribution in [0.5, 0.6) is 0 Å². The molecule has 2 rings (SSSR count). The van der Waals surface area contributed by atoms with Crippen LogP contribution in [-0.4, -0.2) is 36.6 Å². The van der Waals surface area contributed by atoms with Crippen molar-refractivity contribution in [3.8, 4) is 0 Å². The second-order valence-corrected chi connectivity index (χ2v) is 6.31. The van der Waals surface area contributed by atoms with Gasteiger partial charge in [0, 0.05) is 6.04 Å². The summed E-state index contributed by atoms with van der Waals surface area (Å²) < 4.78 is 1.93. The van der Waals surface area contributed by atoms with Crippen LogP contribution in [0.3, 0.4) is 0 Å². The molecule has 9 heteroatoms. The Balaban J connectivity index is 1.87. The van der Waals surface area contributed by atoms with Crippen molar-refractivity contribution in [3.05, 3.63) is 11.3 Å². The van der Waals surface area contributed by atoms with Crippen molar-refractivity contribution in [2.75, 3.05) is 11.1 Å². The Bertz CT molecular complexity index is 579. The Morgan fingerprint density at radius 2 is 2.25 bits per heavy atom. The van der Waals surface area contributed by atoms with Crippen LogP contribution < -0.4 is 5.32 Å². The van der Waals surface area contributed by atoms with E-state index in [0.29, 0.717) is 5.13 Å². The third-order valence-corrected chi connectivity index (χ3v) is 4.38. The Morgan fingerprint density at radius 1 is 1.45 bits per heavy atom. The summed E-state index contributed by atoms with van der Waals surface area (Å²) in [6, 6.07) is 0.269. The van der Waals surface area contributed by atoms with Gasteiger partial charge in [-0.05, 0) is 20.3 Å². The molecule has 0 radical (unpaired) electrons. The molecule has 0 bridgehead atoms. The zero-order valence-electron chi connectivity index (χ0n) is 11.5. The van der Waals surface area contributed by atoms with Gasteiger partial charge in [0.15, 0.2) is 5.16 Å². The van der Waals surface area contributed by atoms with Gasteiger partial charge in [0.05, 0.1) is 5.75 Å². The molecule has 0 aliphatic heterocycles. The average molecular weight is 312 g/mol. The molecular weight excluding hydrogens is 296 g/mol. The summed E-state index contributed by atoms with van der Waals surface area (Å²) >= 11 is 2.75. The van der Waals surface area contributed by atoms with Crippen molar-refractivity contribution in [3.63, 3.8) is 0 Å². The number of aromatic nitrogens is 5. The minimum Gasteiger partial charge on any atom is -0.306 e. The first-order valence-electron chi connectivity index (χ1n) is 6.24. The summed E-state index contributed by atoms with van der Waals surface area (Å²) in [7, 11) is 0. The lowest BCUT2D eigenvalue weighted by atomic mass is 10.4. The van der Waals surface area contributed by atoms with Gasteiger partial charge in [-0.25, -0.2) is 0 Å². The van der Waals surface area contributed by atoms with Crippen LogP contribution in [-0.2, 0) is 11.2 Å². The molecule has 20 heavy (non-hydrogen) atoms. The fourth-order valence-corrected chi connectivity index (χ4v) is 2.96. The molecule has 1 amide bonds. The summed E-state index contributed by atoms with van der Waals surface area (Å²) in [6.45, 7) is 6.09. The van der Waals surface area contributed by atoms with Gasteiger partial charge in [-0.15, -0.1) is 20.4 Å². The van der Waals surface area contributed by atoms with Gasteiger partial charge in [0.1, 0.15) is 11.3 Å². The van der Waals surface area contributed by atoms with E-state index < -0.39 is 0 Å². The smallest absolute Gasteiger partial charge is 0.236 e. The van der Waals surface area contributed by atoms with Crippen molar-refractivity contribution < 1.29 is 4.79 Å². The lowest BCUT2D eigenvalue weighted by molar-refractivity contribution is -0.113. The van der Waals surface area contributed by atoms with E-state index >= 15 is 0 Å². The predicted molar refractivity (Wildman–Crippen MR) is 79.0 cm³/mol. The highest BCUT2D eigenvalue weighted by atomic mass is 32.2. The second kappa shape index (κ2) is 6.80. The predicted octanol–water partition coefficient (Wildman–Crippen LogP) is 2.00. The first-order valence-corrected chi connectivity index (χ1v) is 8.05. The molecular formula is C11H16N6OS2. The van der Waals surface area contributed by atoms with Gasteiger partial charge in [0.25, 0.3) is 0 Å². The minimum absolute atomic E-state index is 0.118. The number of carbonyl (C=O) groups is 1. The number of nitrogens with zero attached hydrogens (tertiary/aromatic N) is 5. The first-order chi connectivity index (χ1) is 9.60. The SMILES string of the molecule is CCc1nnc(NC(=O)CSc2nncn2C(C)C)s1. The van der Waals surface area contributed by atoms with Gasteiger partial charge in [0.2, 0.25) is 11.0 Å². The Morgan fingerprint density at radius 3 is 2.90 bits per heavy atom. The number of amides is 1.